The fourth-order valence-electron chi connectivity index (χ4n) is 3.98. The zero-order valence-electron chi connectivity index (χ0n) is 16.8. The van der Waals surface area contributed by atoms with E-state index in [0.717, 1.165) is 48.1 Å². The highest BCUT2D eigenvalue weighted by molar-refractivity contribution is 8.00. The monoisotopic (exact) mass is 419 g/mol. The second-order valence-corrected chi connectivity index (χ2v) is 8.94. The minimum Gasteiger partial charge on any atom is -0.339 e. The number of piperidine rings is 1. The lowest BCUT2D eigenvalue weighted by molar-refractivity contribution is -0.124. The number of hydrogen-bond donors (Lipinski definition) is 2. The normalized spacial score (nSPS) is 19.4. The minimum absolute atomic E-state index is 0.0806. The van der Waals surface area contributed by atoms with Crippen molar-refractivity contribution in [3.8, 4) is 17.2 Å². The van der Waals surface area contributed by atoms with Gasteiger partial charge in [-0.3, -0.25) is 9.59 Å². The molecule has 4 rings (SSSR count). The van der Waals surface area contributed by atoms with Crippen LogP contribution in [-0.2, 0) is 22.4 Å². The zero-order valence-corrected chi connectivity index (χ0v) is 17.6. The summed E-state index contributed by atoms with van der Waals surface area (Å²) in [6.45, 7) is 0.855. The number of nitrogens with zero attached hydrogens (tertiary/aromatic N) is 1. The lowest BCUT2D eigenvalue weighted by Gasteiger charge is -2.23. The highest BCUT2D eigenvalue weighted by atomic mass is 32.2. The molecule has 2 atom stereocenters. The molecule has 1 amide bonds. The van der Waals surface area contributed by atoms with E-state index >= 15 is 0 Å². The van der Waals surface area contributed by atoms with Gasteiger partial charge in [-0.15, -0.1) is 11.8 Å². The van der Waals surface area contributed by atoms with Crippen LogP contribution >= 0.6 is 11.8 Å². The van der Waals surface area contributed by atoms with Crippen molar-refractivity contribution in [3.05, 3.63) is 53.6 Å². The smallest absolute Gasteiger partial charge is 0.238 e. The van der Waals surface area contributed by atoms with Gasteiger partial charge in [-0.25, -0.2) is 0 Å². The fourth-order valence-corrected chi connectivity index (χ4v) is 4.94. The summed E-state index contributed by atoms with van der Waals surface area (Å²) in [6, 6.07) is 15.9. The van der Waals surface area contributed by atoms with Gasteiger partial charge in [0.05, 0.1) is 17.9 Å². The van der Waals surface area contributed by atoms with E-state index in [4.69, 9.17) is 0 Å². The summed E-state index contributed by atoms with van der Waals surface area (Å²) in [5.41, 5.74) is 4.34. The lowest BCUT2D eigenvalue weighted by atomic mass is 9.98. The predicted molar refractivity (Wildman–Crippen MR) is 118 cm³/mol. The Morgan fingerprint density at radius 2 is 2.00 bits per heavy atom. The van der Waals surface area contributed by atoms with E-state index in [1.54, 1.807) is 11.8 Å². The lowest BCUT2D eigenvalue weighted by Crippen LogP contribution is -2.49. The average molecular weight is 420 g/mol. The number of Topliss-reactive ketones (excluding diaryl/α,β-unsaturated/α-hetero) is 1. The summed E-state index contributed by atoms with van der Waals surface area (Å²) in [5.74, 6) is 0.749. The first kappa shape index (κ1) is 20.6. The Bertz CT molecular complexity index is 975. The molecule has 0 unspecified atom stereocenters. The van der Waals surface area contributed by atoms with E-state index in [1.807, 2.05) is 18.2 Å². The number of ketones is 1. The van der Waals surface area contributed by atoms with Gasteiger partial charge in [-0.05, 0) is 47.7 Å². The van der Waals surface area contributed by atoms with Crippen molar-refractivity contribution in [2.45, 2.75) is 49.1 Å². The molecule has 1 saturated heterocycles. The summed E-state index contributed by atoms with van der Waals surface area (Å²) in [4.78, 5) is 25.2. The van der Waals surface area contributed by atoms with Crippen LogP contribution in [0.5, 0.6) is 0 Å². The predicted octanol–water partition coefficient (Wildman–Crippen LogP) is 3.26. The molecule has 2 aliphatic rings. The highest BCUT2D eigenvalue weighted by Crippen LogP contribution is 2.32. The number of thioether (sulfide) groups is 1. The van der Waals surface area contributed by atoms with E-state index in [2.05, 4.69) is 41.0 Å². The number of benzene rings is 2. The van der Waals surface area contributed by atoms with Crippen molar-refractivity contribution in [2.24, 2.45) is 0 Å². The minimum atomic E-state index is -0.537. The van der Waals surface area contributed by atoms with Crippen LogP contribution in [0.3, 0.4) is 0 Å². The van der Waals surface area contributed by atoms with Crippen molar-refractivity contribution < 1.29 is 9.59 Å². The van der Waals surface area contributed by atoms with Crippen LogP contribution in [0.2, 0.25) is 0 Å². The Kier molecular flexibility index (Phi) is 6.51. The molecule has 2 N–H and O–H groups in total. The number of fused-ring (bicyclic) bond motifs is 1. The molecule has 5 nitrogen and oxygen atoms in total. The third-order valence-electron chi connectivity index (χ3n) is 5.67. The first-order valence-electron chi connectivity index (χ1n) is 10.4. The van der Waals surface area contributed by atoms with Gasteiger partial charge in [0.1, 0.15) is 11.8 Å². The Hall–Kier alpha value is -2.62. The summed E-state index contributed by atoms with van der Waals surface area (Å²) >= 11 is 1.61. The summed E-state index contributed by atoms with van der Waals surface area (Å²) in [5, 5.41) is 15.6. The van der Waals surface area contributed by atoms with Gasteiger partial charge in [0, 0.05) is 17.7 Å². The van der Waals surface area contributed by atoms with Crippen LogP contribution in [0.25, 0.3) is 11.1 Å². The highest BCUT2D eigenvalue weighted by Gasteiger charge is 2.23. The molecule has 0 aromatic heterocycles. The molecule has 2 aromatic rings. The maximum Gasteiger partial charge on any atom is 0.238 e. The Balaban J connectivity index is 1.40. The van der Waals surface area contributed by atoms with Crippen LogP contribution in [0.1, 0.15) is 30.4 Å². The van der Waals surface area contributed by atoms with Crippen molar-refractivity contribution in [2.75, 3.05) is 12.3 Å². The van der Waals surface area contributed by atoms with Gasteiger partial charge in [-0.1, -0.05) is 42.8 Å². The standard InChI is InChI=1S/C24H25N3O2S/c25-14-20(27-24(29)22-3-1-2-10-26-22)11-16-4-6-17(7-5-16)18-8-9-19-12-21(28)15-30-23(19)13-18/h4-9,13,20,22,26H,1-3,10-12,15H2,(H,27,29)/t20-,22-/m0/s1. The summed E-state index contributed by atoms with van der Waals surface area (Å²) in [6.07, 6.45) is 3.97. The molecule has 0 aliphatic carbocycles. The van der Waals surface area contributed by atoms with Gasteiger partial charge in [-0.2, -0.15) is 5.26 Å². The second-order valence-electron chi connectivity index (χ2n) is 7.92. The number of nitriles is 1. The molecular weight excluding hydrogens is 394 g/mol. The van der Waals surface area contributed by atoms with Gasteiger partial charge in [0.25, 0.3) is 0 Å². The Morgan fingerprint density at radius 3 is 2.73 bits per heavy atom. The van der Waals surface area contributed by atoms with Crippen molar-refractivity contribution >= 4 is 23.5 Å². The van der Waals surface area contributed by atoms with E-state index < -0.39 is 6.04 Å². The number of amides is 1. The number of rotatable bonds is 5. The third kappa shape index (κ3) is 4.92. The first-order valence-corrected chi connectivity index (χ1v) is 11.4. The van der Waals surface area contributed by atoms with Crippen LogP contribution in [0, 0.1) is 11.3 Å². The number of carbonyl (C=O) groups excluding carboxylic acids is 2. The molecule has 6 heteroatoms. The molecule has 1 fully saturated rings. The summed E-state index contributed by atoms with van der Waals surface area (Å²) < 4.78 is 0. The first-order chi connectivity index (χ1) is 14.6. The molecule has 2 aromatic carbocycles. The SMILES string of the molecule is N#C[C@H](Cc1ccc(-c2ccc3c(c2)SCC(=O)C3)cc1)NC(=O)[C@@H]1CCCCN1. The largest absolute Gasteiger partial charge is 0.339 e. The Morgan fingerprint density at radius 1 is 1.20 bits per heavy atom. The average Bonchev–Trinajstić information content (AvgIpc) is 2.79. The zero-order chi connectivity index (χ0) is 20.9. The molecule has 0 radical (unpaired) electrons. The van der Waals surface area contributed by atoms with Crippen LogP contribution < -0.4 is 10.6 Å². The van der Waals surface area contributed by atoms with E-state index in [1.165, 1.54) is 4.90 Å². The van der Waals surface area contributed by atoms with E-state index in [-0.39, 0.29) is 17.7 Å². The van der Waals surface area contributed by atoms with Crippen molar-refractivity contribution in [1.29, 1.82) is 5.26 Å². The van der Waals surface area contributed by atoms with E-state index in [0.29, 0.717) is 18.6 Å². The summed E-state index contributed by atoms with van der Waals surface area (Å²) in [7, 11) is 0. The number of carbonyl (C=O) groups is 2. The van der Waals surface area contributed by atoms with Gasteiger partial charge < -0.3 is 10.6 Å². The molecule has 0 spiro atoms. The molecule has 154 valence electrons. The maximum atomic E-state index is 12.4. The molecule has 0 bridgehead atoms. The van der Waals surface area contributed by atoms with Gasteiger partial charge in [0.15, 0.2) is 0 Å². The van der Waals surface area contributed by atoms with Crippen LogP contribution in [0.15, 0.2) is 47.4 Å². The Labute approximate surface area is 181 Å². The molecular formula is C24H25N3O2S. The maximum absolute atomic E-state index is 12.4. The number of hydrogen-bond acceptors (Lipinski definition) is 5. The van der Waals surface area contributed by atoms with Crippen molar-refractivity contribution in [1.82, 2.24) is 10.6 Å². The molecule has 0 saturated carbocycles. The second kappa shape index (κ2) is 9.46. The van der Waals surface area contributed by atoms with Crippen LogP contribution in [-0.4, -0.2) is 36.1 Å². The molecule has 2 aliphatic heterocycles. The third-order valence-corrected chi connectivity index (χ3v) is 6.83. The molecule has 30 heavy (non-hydrogen) atoms. The van der Waals surface area contributed by atoms with Gasteiger partial charge in [0.2, 0.25) is 5.91 Å². The van der Waals surface area contributed by atoms with Crippen molar-refractivity contribution in [3.63, 3.8) is 0 Å². The van der Waals surface area contributed by atoms with Gasteiger partial charge >= 0.3 is 0 Å². The topological polar surface area (TPSA) is 82.0 Å². The van der Waals surface area contributed by atoms with Crippen LogP contribution in [0.4, 0.5) is 0 Å². The molecule has 2 heterocycles. The van der Waals surface area contributed by atoms with E-state index in [9.17, 15) is 14.9 Å². The number of nitrogens with one attached hydrogen (secondary N) is 2. The quantitative estimate of drug-likeness (QED) is 0.777. The fraction of sp³-hybridized carbons (Fsp3) is 0.375.